The molecule has 6 saturated heterocycles. The Balaban J connectivity index is 0.788. The smallest absolute Gasteiger partial charge is 0.387 e. The largest absolute Gasteiger partial charge is 0.397 e. The maximum Gasteiger partial charge on any atom is 0.397 e. The molecule has 6 N–H and O–H groups in total. The molecule has 72 heavy (non-hydrogen) atoms. The molecule has 8 aliphatic carbocycles. The van der Waals surface area contributed by atoms with Gasteiger partial charge in [-0.3, -0.25) is 4.55 Å². The molecule has 6 heterocycles. The van der Waals surface area contributed by atoms with Crippen molar-refractivity contribution >= 4 is 10.4 Å². The summed E-state index contributed by atoms with van der Waals surface area (Å²) in [6, 6.07) is 0. The lowest BCUT2D eigenvalue weighted by Gasteiger charge is -2.69. The number of rotatable bonds is 8. The molecule has 0 radical (unpaired) electrons. The van der Waals surface area contributed by atoms with Gasteiger partial charge in [0.1, 0.15) is 12.2 Å². The first-order chi connectivity index (χ1) is 33.3. The summed E-state index contributed by atoms with van der Waals surface area (Å²) in [5.74, 6) is -2.05. The van der Waals surface area contributed by atoms with E-state index in [-0.39, 0.29) is 66.0 Å². The molecule has 10 fully saturated rings. The van der Waals surface area contributed by atoms with Gasteiger partial charge in [0, 0.05) is 27.6 Å². The Hall–Kier alpha value is -1.27. The molecule has 14 aliphatic rings. The van der Waals surface area contributed by atoms with Crippen molar-refractivity contribution < 1.29 is 61.6 Å². The lowest BCUT2D eigenvalue weighted by Crippen LogP contribution is -2.76. The van der Waals surface area contributed by atoms with Gasteiger partial charge in [-0.1, -0.05) is 84.3 Å². The van der Waals surface area contributed by atoms with Crippen LogP contribution < -0.4 is 0 Å². The van der Waals surface area contributed by atoms with E-state index in [1.807, 2.05) is 27.7 Å². The number of ether oxygens (including phenoxy) is 4. The van der Waals surface area contributed by atoms with Crippen LogP contribution in [-0.2, 0) is 33.5 Å². The van der Waals surface area contributed by atoms with Gasteiger partial charge in [-0.15, -0.1) is 0 Å². The van der Waals surface area contributed by atoms with E-state index in [1.165, 1.54) is 11.1 Å². The first kappa shape index (κ1) is 51.5. The van der Waals surface area contributed by atoms with E-state index in [4.69, 9.17) is 23.1 Å². The van der Waals surface area contributed by atoms with Gasteiger partial charge in [-0.05, 0) is 175 Å². The maximum atomic E-state index is 13.1. The number of aliphatic hydroxyl groups is 5. The van der Waals surface area contributed by atoms with Crippen LogP contribution in [0.3, 0.4) is 0 Å². The summed E-state index contributed by atoms with van der Waals surface area (Å²) in [5.41, 5.74) is -0.587. The minimum absolute atomic E-state index is 0.0242. The molecule has 6 bridgehead atoms. The van der Waals surface area contributed by atoms with Gasteiger partial charge >= 0.3 is 10.4 Å². The number of hydrogen-bond acceptors (Lipinski definition) is 12. The van der Waals surface area contributed by atoms with Crippen LogP contribution in [0.25, 0.3) is 0 Å². The number of hydrogen-bond donors (Lipinski definition) is 6. The van der Waals surface area contributed by atoms with Crippen LogP contribution in [0, 0.1) is 79.8 Å². The summed E-state index contributed by atoms with van der Waals surface area (Å²) < 4.78 is 68.1. The number of allylic oxidation sites excluding steroid dienone is 1. The molecule has 14 heteroatoms. The second-order valence-electron chi connectivity index (χ2n) is 29.0. The fraction of sp³-hybridized carbons (Fsp3) is 0.897. The highest BCUT2D eigenvalue weighted by atomic mass is 32.3. The fourth-order valence-electron chi connectivity index (χ4n) is 21.7. The Morgan fingerprint density at radius 1 is 0.806 bits per heavy atom. The fourth-order valence-corrected chi connectivity index (χ4v) is 22.2. The third-order valence-corrected chi connectivity index (χ3v) is 25.5. The first-order valence-electron chi connectivity index (χ1n) is 28.3. The molecule has 14 rings (SSSR count). The Kier molecular flexibility index (Phi) is 11.1. The number of fused-ring (bicyclic) bond motifs is 11. The molecule has 0 aromatic rings. The zero-order chi connectivity index (χ0) is 51.8. The van der Waals surface area contributed by atoms with Crippen molar-refractivity contribution in [3.8, 4) is 0 Å². The Labute approximate surface area is 429 Å². The van der Waals surface area contributed by atoms with Gasteiger partial charge in [0.15, 0.2) is 5.79 Å². The van der Waals surface area contributed by atoms with Gasteiger partial charge in [0.05, 0.1) is 48.3 Å². The standard InChI is InChI=1S/C58H88O13S/c1-31(35-15-16-42-52(35,10)22-19-43-55-28-45(60)57(62,68-30-55)48(3,4)41(55)20-23-56(42,43)61)12-17-46-53(11)26-33(50(7,8)71-53)24-39(69-46)32(2)36-13-14-37-34-25-40(70-72(64,65)66)47-49(5,6)58(63)44(59)27-54(47,29-67-58)38(34)18-21-51(36,37)9/h19-20,31-33,35-37,39-40,42,44-47,59-63H,12-18,21-30H2,1-11H3,(H,64,65,66)/t31-,32+,33-,35-,36-,37+,39-,40+,42-,44+,45+,46+,47?,51-,52-,53-,54+,55-,56+,57+,58+/m1/s1. The van der Waals surface area contributed by atoms with Crippen molar-refractivity contribution in [2.24, 2.45) is 79.8 Å². The topological polar surface area (TPSA) is 202 Å². The molecule has 4 saturated carbocycles. The van der Waals surface area contributed by atoms with E-state index in [2.05, 4.69) is 60.6 Å². The quantitative estimate of drug-likeness (QED) is 0.0999. The number of aliphatic hydroxyl groups excluding tert-OH is 2. The van der Waals surface area contributed by atoms with E-state index < -0.39 is 79.1 Å². The van der Waals surface area contributed by atoms with E-state index in [1.54, 1.807) is 0 Å². The van der Waals surface area contributed by atoms with Gasteiger partial charge in [-0.2, -0.15) is 8.42 Å². The molecule has 13 nitrogen and oxygen atoms in total. The first-order valence-corrected chi connectivity index (χ1v) is 29.6. The highest BCUT2D eigenvalue weighted by Crippen LogP contribution is 2.74. The van der Waals surface area contributed by atoms with E-state index in [0.29, 0.717) is 42.9 Å². The zero-order valence-electron chi connectivity index (χ0n) is 45.1. The third kappa shape index (κ3) is 6.41. The SMILES string of the molecule is C[C@@H]([C@H]1CC[C@H]2C3=C(CC[C@]12C)[C@@]12CO[C@@](O)([C@@H](O)C1)C(C)(C)C2[C@@H](OS(=O)(=O)O)C3)[C@H]1C[C@@H]2C[C@@](C)(OC2(C)C)[C@H](CC[C@@H](C)[C@H]2CC[C@@H]3[C@]2(C)CC=C2[C@@]45CO[C@@](O)([C@@H](O)C4)C(C)(C)C5=CC[C@@]23O)O1. The monoisotopic (exact) mass is 1020 g/mol. The highest BCUT2D eigenvalue weighted by molar-refractivity contribution is 7.80. The normalized spacial score (nSPS) is 54.0. The predicted molar refractivity (Wildman–Crippen MR) is 268 cm³/mol. The third-order valence-electron chi connectivity index (χ3n) is 25.0. The molecular weight excluding hydrogens is 937 g/mol. The van der Waals surface area contributed by atoms with Gasteiger partial charge in [0.25, 0.3) is 0 Å². The van der Waals surface area contributed by atoms with Crippen molar-refractivity contribution in [2.45, 2.75) is 231 Å². The molecule has 2 spiro atoms. The van der Waals surface area contributed by atoms with Crippen molar-refractivity contribution in [3.63, 3.8) is 0 Å². The lowest BCUT2D eigenvalue weighted by molar-refractivity contribution is -0.408. The van der Waals surface area contributed by atoms with Crippen molar-refractivity contribution in [1.82, 2.24) is 0 Å². The minimum atomic E-state index is -4.83. The molecular formula is C58H88O13S. The molecule has 0 aromatic carbocycles. The second kappa shape index (κ2) is 15.5. The molecule has 0 aromatic heterocycles. The summed E-state index contributed by atoms with van der Waals surface area (Å²) in [6.45, 7) is 24.6. The Morgan fingerprint density at radius 3 is 2.18 bits per heavy atom. The van der Waals surface area contributed by atoms with Crippen LogP contribution in [-0.4, -0.2) is 111 Å². The lowest BCUT2D eigenvalue weighted by atomic mass is 9.42. The zero-order valence-corrected chi connectivity index (χ0v) is 45.9. The molecule has 21 atom stereocenters. The molecule has 1 unspecified atom stereocenters. The van der Waals surface area contributed by atoms with Gasteiger partial charge < -0.3 is 44.5 Å². The van der Waals surface area contributed by atoms with Crippen molar-refractivity contribution in [1.29, 1.82) is 0 Å². The molecule has 404 valence electrons. The van der Waals surface area contributed by atoms with Crippen molar-refractivity contribution in [2.75, 3.05) is 13.2 Å². The summed E-state index contributed by atoms with van der Waals surface area (Å²) in [7, 11) is -4.83. The maximum absolute atomic E-state index is 13.1. The van der Waals surface area contributed by atoms with Crippen LogP contribution in [0.4, 0.5) is 0 Å². The summed E-state index contributed by atoms with van der Waals surface area (Å²) in [5, 5.41) is 59.3. The minimum Gasteiger partial charge on any atom is -0.387 e. The highest BCUT2D eigenvalue weighted by Gasteiger charge is 2.76. The Bertz CT molecular complexity index is 2500. The second-order valence-corrected chi connectivity index (χ2v) is 30.1. The van der Waals surface area contributed by atoms with Gasteiger partial charge in [-0.25, -0.2) is 4.18 Å². The van der Waals surface area contributed by atoms with Crippen LogP contribution in [0.1, 0.15) is 172 Å². The van der Waals surface area contributed by atoms with Crippen LogP contribution in [0.2, 0.25) is 0 Å². The summed E-state index contributed by atoms with van der Waals surface area (Å²) in [4.78, 5) is 0. The van der Waals surface area contributed by atoms with Crippen LogP contribution in [0.15, 0.2) is 34.4 Å². The van der Waals surface area contributed by atoms with E-state index in [9.17, 15) is 38.5 Å². The molecule has 0 amide bonds. The van der Waals surface area contributed by atoms with E-state index >= 15 is 0 Å². The van der Waals surface area contributed by atoms with Crippen molar-refractivity contribution in [3.05, 3.63) is 34.4 Å². The summed E-state index contributed by atoms with van der Waals surface area (Å²) in [6.07, 6.45) is 13.2. The Morgan fingerprint density at radius 2 is 1.49 bits per heavy atom. The van der Waals surface area contributed by atoms with Crippen LogP contribution >= 0.6 is 0 Å². The van der Waals surface area contributed by atoms with Gasteiger partial charge in [0.2, 0.25) is 5.79 Å². The van der Waals surface area contributed by atoms with Crippen LogP contribution in [0.5, 0.6) is 0 Å². The molecule has 6 aliphatic heterocycles. The average molecular weight is 1030 g/mol. The van der Waals surface area contributed by atoms with E-state index in [0.717, 1.165) is 81.8 Å². The predicted octanol–water partition coefficient (Wildman–Crippen LogP) is 8.52. The average Bonchev–Trinajstić information content (AvgIpc) is 3.86. The summed E-state index contributed by atoms with van der Waals surface area (Å²) >= 11 is 0.